The van der Waals surface area contributed by atoms with E-state index < -0.39 is 32.4 Å². The summed E-state index contributed by atoms with van der Waals surface area (Å²) >= 11 is 0. The third kappa shape index (κ3) is 10.2. The average Bonchev–Trinajstić information content (AvgIpc) is 1.58. The molecule has 0 heterocycles. The number of rotatable bonds is 4. The molecule has 7 heteroatoms. The van der Waals surface area contributed by atoms with E-state index in [1.165, 1.54) is 0 Å². The van der Waals surface area contributed by atoms with Crippen LogP contribution in [0, 0.1) is 0 Å². The standard InChI is InChI=1S/C4H5O5P.Na/c5-3(1-4(6)7)2-10(8)9;/h1-2H2,(H,6,7);/q;+1/p-1. The summed E-state index contributed by atoms with van der Waals surface area (Å²) in [6.45, 7) is 0. The summed E-state index contributed by atoms with van der Waals surface area (Å²) in [6, 6.07) is 0. The van der Waals surface area contributed by atoms with Crippen molar-refractivity contribution >= 4 is 19.8 Å². The van der Waals surface area contributed by atoms with Crippen molar-refractivity contribution in [3.05, 3.63) is 0 Å². The summed E-state index contributed by atoms with van der Waals surface area (Å²) in [5.74, 6) is -2.40. The molecule has 1 unspecified atom stereocenters. The zero-order chi connectivity index (χ0) is 8.15. The topological polar surface area (TPSA) is 97.3 Å². The van der Waals surface area contributed by atoms with Gasteiger partial charge >= 0.3 is 37.6 Å². The van der Waals surface area contributed by atoms with Gasteiger partial charge < -0.3 is 14.8 Å². The summed E-state index contributed by atoms with van der Waals surface area (Å²) < 4.78 is 9.79. The van der Waals surface area contributed by atoms with Crippen LogP contribution in [0.3, 0.4) is 0 Å². The molecule has 0 aliphatic carbocycles. The summed E-state index contributed by atoms with van der Waals surface area (Å²) in [7, 11) is -2.81. The largest absolute Gasteiger partial charge is 1.00 e. The maximum Gasteiger partial charge on any atom is 1.00 e. The van der Waals surface area contributed by atoms with E-state index in [4.69, 9.17) is 0 Å². The first kappa shape index (κ1) is 13.8. The first-order valence-electron chi connectivity index (χ1n) is 2.35. The number of ketones is 1. The third-order valence-electron chi connectivity index (χ3n) is 0.647. The zero-order valence-corrected chi connectivity index (χ0v) is 8.80. The van der Waals surface area contributed by atoms with Gasteiger partial charge in [0.2, 0.25) is 6.16 Å². The molecule has 0 amide bonds. The van der Waals surface area contributed by atoms with Crippen molar-refractivity contribution in [1.82, 2.24) is 0 Å². The molecular weight excluding hydrogens is 182 g/mol. The van der Waals surface area contributed by atoms with Crippen LogP contribution in [0.15, 0.2) is 0 Å². The van der Waals surface area contributed by atoms with Crippen molar-refractivity contribution in [3.8, 4) is 0 Å². The molecule has 0 radical (unpaired) electrons. The minimum absolute atomic E-state index is 0. The number of aliphatic carboxylic acids is 1. The van der Waals surface area contributed by atoms with Gasteiger partial charge in [0.15, 0.2) is 5.78 Å². The maximum absolute atomic E-state index is 10.3. The summed E-state index contributed by atoms with van der Waals surface area (Å²) in [5, 5.41) is 9.66. The molecule has 0 aliphatic rings. The van der Waals surface area contributed by atoms with Crippen LogP contribution in [0.1, 0.15) is 6.42 Å². The van der Waals surface area contributed by atoms with E-state index in [0.29, 0.717) is 0 Å². The predicted molar refractivity (Wildman–Crippen MR) is 27.1 cm³/mol. The van der Waals surface area contributed by atoms with Crippen LogP contribution in [0.5, 0.6) is 0 Å². The third-order valence-corrected chi connectivity index (χ3v) is 1.26. The summed E-state index contributed by atoms with van der Waals surface area (Å²) in [4.78, 5) is 29.7. The fraction of sp³-hybridized carbons (Fsp3) is 0.500. The summed E-state index contributed by atoms with van der Waals surface area (Å²) in [6.07, 6.45) is -1.55. The Morgan fingerprint density at radius 1 is 1.36 bits per heavy atom. The zero-order valence-electron chi connectivity index (χ0n) is 5.90. The van der Waals surface area contributed by atoms with E-state index in [-0.39, 0.29) is 29.6 Å². The Labute approximate surface area is 86.0 Å². The van der Waals surface area contributed by atoms with Crippen molar-refractivity contribution in [1.29, 1.82) is 0 Å². The van der Waals surface area contributed by atoms with Crippen molar-refractivity contribution < 1.29 is 53.7 Å². The second-order valence-corrected chi connectivity index (χ2v) is 2.56. The quantitative estimate of drug-likeness (QED) is 0.248. The number of carboxylic acid groups (broad SMARTS) is 1. The van der Waals surface area contributed by atoms with E-state index in [0.717, 1.165) is 0 Å². The van der Waals surface area contributed by atoms with Gasteiger partial charge in [-0.2, -0.15) is 0 Å². The Kier molecular flexibility index (Phi) is 8.61. The fourth-order valence-corrected chi connectivity index (χ4v) is 0.761. The number of Topliss-reactive ketones (excluding diaryl/α,β-unsaturated/α-hetero) is 1. The molecule has 0 bridgehead atoms. The molecular formula is C4H4NaO5P. The molecule has 1 atom stereocenters. The van der Waals surface area contributed by atoms with E-state index in [1.54, 1.807) is 0 Å². The predicted octanol–water partition coefficient (Wildman–Crippen LogP) is -5.20. The molecule has 0 saturated heterocycles. The van der Waals surface area contributed by atoms with Crippen molar-refractivity contribution in [2.24, 2.45) is 0 Å². The molecule has 0 saturated carbocycles. The Balaban J connectivity index is 0. The van der Waals surface area contributed by atoms with E-state index >= 15 is 0 Å². The molecule has 0 aromatic carbocycles. The molecule has 0 aliphatic heterocycles. The molecule has 0 aromatic rings. The first-order chi connectivity index (χ1) is 4.52. The smallest absolute Gasteiger partial charge is 0.595 e. The van der Waals surface area contributed by atoms with Gasteiger partial charge in [-0.05, 0) is 0 Å². The molecule has 0 fully saturated rings. The number of carbonyl (C=O) groups is 2. The van der Waals surface area contributed by atoms with E-state index in [9.17, 15) is 24.2 Å². The van der Waals surface area contributed by atoms with Crippen molar-refractivity contribution in [2.75, 3.05) is 6.16 Å². The Bertz CT molecular complexity index is 161. The van der Waals surface area contributed by atoms with Gasteiger partial charge in [0.25, 0.3) is 0 Å². The second kappa shape index (κ2) is 6.88. The van der Waals surface area contributed by atoms with Gasteiger partial charge in [-0.1, -0.05) is 4.57 Å². The van der Waals surface area contributed by atoms with Crippen LogP contribution in [0.4, 0.5) is 0 Å². The number of hydrogen-bond donors (Lipinski definition) is 0. The minimum atomic E-state index is -2.81. The minimum Gasteiger partial charge on any atom is -0.595 e. The molecule has 11 heavy (non-hydrogen) atoms. The molecule has 0 spiro atoms. The monoisotopic (exact) mass is 186 g/mol. The summed E-state index contributed by atoms with van der Waals surface area (Å²) in [5.41, 5.74) is 0. The second-order valence-electron chi connectivity index (χ2n) is 1.58. The van der Waals surface area contributed by atoms with Crippen LogP contribution >= 0.6 is 8.03 Å². The molecule has 5 nitrogen and oxygen atoms in total. The van der Waals surface area contributed by atoms with Crippen molar-refractivity contribution in [3.63, 3.8) is 0 Å². The first-order valence-corrected chi connectivity index (χ1v) is 3.72. The normalized spacial score (nSPS) is 9.73. The number of hydrogen-bond acceptors (Lipinski definition) is 5. The van der Waals surface area contributed by atoms with Crippen LogP contribution in [0.2, 0.25) is 0 Å². The van der Waals surface area contributed by atoms with E-state index in [1.807, 2.05) is 0 Å². The Hall–Kier alpha value is 0.200. The Morgan fingerprint density at radius 3 is 2.09 bits per heavy atom. The average molecular weight is 186 g/mol. The molecule has 0 N–H and O–H groups in total. The Morgan fingerprint density at radius 2 is 1.82 bits per heavy atom. The van der Waals surface area contributed by atoms with Gasteiger partial charge in [0.1, 0.15) is 0 Å². The molecule has 56 valence electrons. The van der Waals surface area contributed by atoms with Crippen LogP contribution in [-0.2, 0) is 14.2 Å². The van der Waals surface area contributed by atoms with Gasteiger partial charge in [-0.25, -0.2) is 0 Å². The number of carbonyl (C=O) groups excluding carboxylic acids is 2. The van der Waals surface area contributed by atoms with Crippen molar-refractivity contribution in [2.45, 2.75) is 6.42 Å². The number of carboxylic acids is 1. The fourth-order valence-electron chi connectivity index (χ4n) is 0.361. The SMILES string of the molecule is O=C([O-])CC(=O)C[P+](=O)[O-].[Na+]. The van der Waals surface area contributed by atoms with Gasteiger partial charge in [-0.3, -0.25) is 4.79 Å². The van der Waals surface area contributed by atoms with Crippen LogP contribution in [-0.4, -0.2) is 17.9 Å². The van der Waals surface area contributed by atoms with Gasteiger partial charge in [0, 0.05) is 5.97 Å². The van der Waals surface area contributed by atoms with Crippen LogP contribution in [0.25, 0.3) is 0 Å². The van der Waals surface area contributed by atoms with E-state index in [2.05, 4.69) is 0 Å². The van der Waals surface area contributed by atoms with Crippen LogP contribution < -0.4 is 39.6 Å². The maximum atomic E-state index is 10.3. The van der Waals surface area contributed by atoms with Gasteiger partial charge in [0.05, 0.1) is 6.42 Å². The molecule has 0 aromatic heterocycles. The molecule has 0 rings (SSSR count). The van der Waals surface area contributed by atoms with Gasteiger partial charge in [-0.15, -0.1) is 0 Å².